The number of rotatable bonds is 2. The highest BCUT2D eigenvalue weighted by atomic mass is 32.2. The van der Waals surface area contributed by atoms with E-state index in [-0.39, 0.29) is 0 Å². The molecule has 2 nitrogen and oxygen atoms in total. The van der Waals surface area contributed by atoms with Gasteiger partial charge in [-0.15, -0.1) is 23.1 Å². The van der Waals surface area contributed by atoms with E-state index >= 15 is 0 Å². The number of thioether (sulfide) groups is 1. The molecule has 0 aliphatic rings. The monoisotopic (exact) mass is 225 g/mol. The molecule has 0 spiro atoms. The van der Waals surface area contributed by atoms with E-state index in [4.69, 9.17) is 10.5 Å². The number of hydrogen-bond donors (Lipinski definition) is 1. The van der Waals surface area contributed by atoms with Gasteiger partial charge in [-0.2, -0.15) is 0 Å². The lowest BCUT2D eigenvalue weighted by atomic mass is 10.2. The predicted octanol–water partition coefficient (Wildman–Crippen LogP) is 3.21. The number of methoxy groups -OCH3 is 1. The normalized spacial score (nSPS) is 10.7. The van der Waals surface area contributed by atoms with E-state index in [1.807, 2.05) is 6.07 Å². The number of anilines is 1. The number of fused-ring (bicyclic) bond motifs is 1. The van der Waals surface area contributed by atoms with Gasteiger partial charge in [0.05, 0.1) is 12.8 Å². The second-order valence-corrected chi connectivity index (χ2v) is 4.62. The van der Waals surface area contributed by atoms with E-state index in [0.29, 0.717) is 0 Å². The van der Waals surface area contributed by atoms with Crippen molar-refractivity contribution < 1.29 is 4.74 Å². The maximum Gasteiger partial charge on any atom is 0.142 e. The first-order chi connectivity index (χ1) is 6.77. The highest BCUT2D eigenvalue weighted by Crippen LogP contribution is 2.40. The summed E-state index contributed by atoms with van der Waals surface area (Å²) in [6, 6.07) is 3.97. The molecule has 0 amide bonds. The van der Waals surface area contributed by atoms with E-state index in [2.05, 4.69) is 17.7 Å². The lowest BCUT2D eigenvalue weighted by Gasteiger charge is -2.05. The fourth-order valence-corrected chi connectivity index (χ4v) is 3.29. The zero-order chi connectivity index (χ0) is 10.1. The zero-order valence-electron chi connectivity index (χ0n) is 8.03. The summed E-state index contributed by atoms with van der Waals surface area (Å²) >= 11 is 3.43. The standard InChI is InChI=1S/C10H11NOS2/c1-12-6-3-4-7-9(10(6)11)8(13-2)5-14-7/h3-5H,11H2,1-2H3. The van der Waals surface area contributed by atoms with Gasteiger partial charge in [0.1, 0.15) is 5.75 Å². The second kappa shape index (κ2) is 3.71. The Morgan fingerprint density at radius 1 is 1.43 bits per heavy atom. The quantitative estimate of drug-likeness (QED) is 0.629. The van der Waals surface area contributed by atoms with E-state index < -0.39 is 0 Å². The van der Waals surface area contributed by atoms with Gasteiger partial charge in [0.15, 0.2) is 0 Å². The molecule has 14 heavy (non-hydrogen) atoms. The van der Waals surface area contributed by atoms with Crippen LogP contribution in [0.2, 0.25) is 0 Å². The molecular weight excluding hydrogens is 214 g/mol. The maximum absolute atomic E-state index is 6.02. The van der Waals surface area contributed by atoms with E-state index in [1.54, 1.807) is 30.2 Å². The van der Waals surface area contributed by atoms with Crippen LogP contribution < -0.4 is 10.5 Å². The summed E-state index contributed by atoms with van der Waals surface area (Å²) in [5.41, 5.74) is 6.76. The van der Waals surface area contributed by atoms with Crippen LogP contribution in [0.25, 0.3) is 10.1 Å². The van der Waals surface area contributed by atoms with Crippen LogP contribution in [0.15, 0.2) is 22.4 Å². The summed E-state index contributed by atoms with van der Waals surface area (Å²) in [5, 5.41) is 3.26. The van der Waals surface area contributed by atoms with Crippen molar-refractivity contribution in [1.82, 2.24) is 0 Å². The van der Waals surface area contributed by atoms with Gasteiger partial charge in [0.25, 0.3) is 0 Å². The second-order valence-electron chi connectivity index (χ2n) is 2.86. The highest BCUT2D eigenvalue weighted by Gasteiger charge is 2.10. The van der Waals surface area contributed by atoms with Crippen LogP contribution in [0.4, 0.5) is 5.69 Å². The zero-order valence-corrected chi connectivity index (χ0v) is 9.67. The van der Waals surface area contributed by atoms with Crippen LogP contribution in [0, 0.1) is 0 Å². The first-order valence-electron chi connectivity index (χ1n) is 4.15. The van der Waals surface area contributed by atoms with Gasteiger partial charge < -0.3 is 10.5 Å². The third-order valence-electron chi connectivity index (χ3n) is 2.15. The lowest BCUT2D eigenvalue weighted by Crippen LogP contribution is -1.92. The van der Waals surface area contributed by atoms with Crippen molar-refractivity contribution in [2.75, 3.05) is 19.1 Å². The number of nitrogens with two attached hydrogens (primary N) is 1. The van der Waals surface area contributed by atoms with Crippen molar-refractivity contribution in [3.63, 3.8) is 0 Å². The van der Waals surface area contributed by atoms with Gasteiger partial charge in [-0.25, -0.2) is 0 Å². The van der Waals surface area contributed by atoms with Crippen LogP contribution in [-0.2, 0) is 0 Å². The third-order valence-corrected chi connectivity index (χ3v) is 4.01. The molecule has 0 radical (unpaired) electrons. The van der Waals surface area contributed by atoms with Crippen molar-refractivity contribution >= 4 is 38.9 Å². The Bertz CT molecular complexity index is 464. The summed E-state index contributed by atoms with van der Waals surface area (Å²) in [6.45, 7) is 0. The minimum Gasteiger partial charge on any atom is -0.495 e. The number of thiophene rings is 1. The molecule has 2 aromatic rings. The minimum absolute atomic E-state index is 0.746. The van der Waals surface area contributed by atoms with Crippen molar-refractivity contribution in [3.8, 4) is 5.75 Å². The van der Waals surface area contributed by atoms with Crippen LogP contribution in [0.1, 0.15) is 0 Å². The molecule has 2 rings (SSSR count). The fraction of sp³-hybridized carbons (Fsp3) is 0.200. The summed E-state index contributed by atoms with van der Waals surface area (Å²) in [4.78, 5) is 1.22. The number of nitrogen functional groups attached to an aromatic ring is 1. The van der Waals surface area contributed by atoms with Gasteiger partial charge in [0.2, 0.25) is 0 Å². The Morgan fingerprint density at radius 3 is 2.86 bits per heavy atom. The Balaban J connectivity index is 2.77. The average Bonchev–Trinajstić information content (AvgIpc) is 2.62. The average molecular weight is 225 g/mol. The van der Waals surface area contributed by atoms with Gasteiger partial charge in [0, 0.05) is 20.4 Å². The van der Waals surface area contributed by atoms with Crippen LogP contribution in [0.5, 0.6) is 5.75 Å². The number of benzene rings is 1. The lowest BCUT2D eigenvalue weighted by molar-refractivity contribution is 0.417. The molecule has 4 heteroatoms. The summed E-state index contributed by atoms with van der Waals surface area (Å²) < 4.78 is 6.41. The molecule has 0 bridgehead atoms. The topological polar surface area (TPSA) is 35.2 Å². The van der Waals surface area contributed by atoms with Gasteiger partial charge in [-0.05, 0) is 18.4 Å². The Hall–Kier alpha value is -0.870. The van der Waals surface area contributed by atoms with Crippen LogP contribution >= 0.6 is 23.1 Å². The Morgan fingerprint density at radius 2 is 2.21 bits per heavy atom. The van der Waals surface area contributed by atoms with Gasteiger partial charge in [-0.3, -0.25) is 0 Å². The van der Waals surface area contributed by atoms with Crippen molar-refractivity contribution in [1.29, 1.82) is 0 Å². The van der Waals surface area contributed by atoms with Crippen LogP contribution in [0.3, 0.4) is 0 Å². The highest BCUT2D eigenvalue weighted by molar-refractivity contribution is 7.99. The third kappa shape index (κ3) is 1.35. The smallest absolute Gasteiger partial charge is 0.142 e. The van der Waals surface area contributed by atoms with Crippen molar-refractivity contribution in [2.45, 2.75) is 4.90 Å². The predicted molar refractivity (Wildman–Crippen MR) is 64.6 cm³/mol. The Kier molecular flexibility index (Phi) is 2.56. The number of ether oxygens (including phenoxy) is 1. The first kappa shape index (κ1) is 9.68. The SMILES string of the molecule is COc1ccc2scc(SC)c2c1N. The number of hydrogen-bond acceptors (Lipinski definition) is 4. The molecule has 1 aromatic heterocycles. The molecule has 0 fully saturated rings. The molecule has 0 saturated heterocycles. The molecule has 0 saturated carbocycles. The minimum atomic E-state index is 0.746. The van der Waals surface area contributed by atoms with Crippen molar-refractivity contribution in [3.05, 3.63) is 17.5 Å². The van der Waals surface area contributed by atoms with Gasteiger partial charge >= 0.3 is 0 Å². The molecule has 1 heterocycles. The van der Waals surface area contributed by atoms with E-state index in [9.17, 15) is 0 Å². The molecule has 0 atom stereocenters. The molecule has 0 unspecified atom stereocenters. The molecule has 0 aliphatic carbocycles. The molecule has 0 aliphatic heterocycles. The fourth-order valence-electron chi connectivity index (χ4n) is 1.44. The molecule has 1 aromatic carbocycles. The summed E-state index contributed by atoms with van der Waals surface area (Å²) in [6.07, 6.45) is 2.06. The van der Waals surface area contributed by atoms with Gasteiger partial charge in [-0.1, -0.05) is 0 Å². The maximum atomic E-state index is 6.02. The first-order valence-corrected chi connectivity index (χ1v) is 6.26. The Labute approximate surface area is 91.1 Å². The van der Waals surface area contributed by atoms with E-state index in [0.717, 1.165) is 16.8 Å². The van der Waals surface area contributed by atoms with E-state index in [1.165, 1.54) is 9.60 Å². The molecule has 74 valence electrons. The summed E-state index contributed by atoms with van der Waals surface area (Å²) in [5.74, 6) is 0.756. The largest absolute Gasteiger partial charge is 0.495 e. The molecule has 2 N–H and O–H groups in total. The van der Waals surface area contributed by atoms with Crippen LogP contribution in [-0.4, -0.2) is 13.4 Å². The molecular formula is C10H11NOS2. The van der Waals surface area contributed by atoms with Crippen molar-refractivity contribution in [2.24, 2.45) is 0 Å². The summed E-state index contributed by atoms with van der Waals surface area (Å²) in [7, 11) is 1.64.